The highest BCUT2D eigenvalue weighted by molar-refractivity contribution is 7.98. The largest absolute Gasteiger partial charge is 0.379 e. The number of nitrogens with one attached hydrogen (secondary N) is 1. The summed E-state index contributed by atoms with van der Waals surface area (Å²) in [5.41, 5.74) is 0. The van der Waals surface area contributed by atoms with E-state index in [9.17, 15) is 0 Å². The molecular formula is C10H23NOS. The van der Waals surface area contributed by atoms with Crippen LogP contribution >= 0.6 is 11.8 Å². The Morgan fingerprint density at radius 1 is 1.38 bits per heavy atom. The van der Waals surface area contributed by atoms with E-state index in [1.165, 1.54) is 5.75 Å². The van der Waals surface area contributed by atoms with Gasteiger partial charge in [0.25, 0.3) is 0 Å². The second-order valence-corrected chi connectivity index (χ2v) is 4.33. The molecule has 1 atom stereocenters. The summed E-state index contributed by atoms with van der Waals surface area (Å²) in [7, 11) is 0. The summed E-state index contributed by atoms with van der Waals surface area (Å²) in [6.45, 7) is 8.23. The summed E-state index contributed by atoms with van der Waals surface area (Å²) in [5, 5.41) is 3.46. The van der Waals surface area contributed by atoms with Crippen LogP contribution < -0.4 is 5.32 Å². The average Bonchev–Trinajstić information content (AvgIpc) is 2.04. The maximum absolute atomic E-state index is 5.52. The Bertz CT molecular complexity index is 103. The molecule has 0 amide bonds. The van der Waals surface area contributed by atoms with Crippen molar-refractivity contribution < 1.29 is 4.74 Å². The Hall–Kier alpha value is 0.270. The molecule has 0 aliphatic heterocycles. The van der Waals surface area contributed by atoms with Crippen LogP contribution in [0.2, 0.25) is 0 Å². The summed E-state index contributed by atoms with van der Waals surface area (Å²) < 4.78 is 5.52. The van der Waals surface area contributed by atoms with Gasteiger partial charge in [-0.25, -0.2) is 0 Å². The molecule has 0 aromatic carbocycles. The van der Waals surface area contributed by atoms with Crippen molar-refractivity contribution in [2.75, 3.05) is 25.2 Å². The summed E-state index contributed by atoms with van der Waals surface area (Å²) in [5.74, 6) is 1.18. The first-order chi connectivity index (χ1) is 6.20. The lowest BCUT2D eigenvalue weighted by Crippen LogP contribution is -2.32. The molecule has 0 fully saturated rings. The fraction of sp³-hybridized carbons (Fsp3) is 1.00. The molecule has 0 heterocycles. The Morgan fingerprint density at radius 3 is 2.54 bits per heavy atom. The van der Waals surface area contributed by atoms with Crippen LogP contribution in [0, 0.1) is 0 Å². The topological polar surface area (TPSA) is 21.3 Å². The van der Waals surface area contributed by atoms with E-state index >= 15 is 0 Å². The molecule has 0 radical (unpaired) electrons. The highest BCUT2D eigenvalue weighted by atomic mass is 32.2. The molecule has 0 spiro atoms. The second-order valence-electron chi connectivity index (χ2n) is 3.42. The van der Waals surface area contributed by atoms with Gasteiger partial charge in [-0.3, -0.25) is 0 Å². The zero-order valence-electron chi connectivity index (χ0n) is 9.30. The van der Waals surface area contributed by atoms with Crippen molar-refractivity contribution >= 4 is 11.8 Å². The lowest BCUT2D eigenvalue weighted by Gasteiger charge is -2.17. The van der Waals surface area contributed by atoms with Crippen molar-refractivity contribution in [1.82, 2.24) is 5.32 Å². The lowest BCUT2D eigenvalue weighted by molar-refractivity contribution is 0.0729. The fourth-order valence-electron chi connectivity index (χ4n) is 1.18. The predicted octanol–water partition coefficient (Wildman–Crippen LogP) is 2.14. The van der Waals surface area contributed by atoms with Crippen LogP contribution in [-0.2, 0) is 4.74 Å². The smallest absolute Gasteiger partial charge is 0.0518 e. The van der Waals surface area contributed by atoms with Gasteiger partial charge in [-0.2, -0.15) is 11.8 Å². The molecule has 0 aliphatic carbocycles. The molecule has 0 aliphatic rings. The van der Waals surface area contributed by atoms with Crippen LogP contribution in [0.15, 0.2) is 0 Å². The maximum atomic E-state index is 5.52. The van der Waals surface area contributed by atoms with Gasteiger partial charge in [-0.15, -0.1) is 0 Å². The van der Waals surface area contributed by atoms with Gasteiger partial charge in [0.15, 0.2) is 0 Å². The van der Waals surface area contributed by atoms with Crippen molar-refractivity contribution in [3.63, 3.8) is 0 Å². The minimum atomic E-state index is 0.358. The van der Waals surface area contributed by atoms with E-state index in [2.05, 4.69) is 32.3 Å². The van der Waals surface area contributed by atoms with Gasteiger partial charge >= 0.3 is 0 Å². The van der Waals surface area contributed by atoms with E-state index in [4.69, 9.17) is 4.74 Å². The van der Waals surface area contributed by atoms with Crippen molar-refractivity contribution in [2.24, 2.45) is 0 Å². The third-order valence-electron chi connectivity index (χ3n) is 1.78. The molecular weight excluding hydrogens is 182 g/mol. The first-order valence-electron chi connectivity index (χ1n) is 5.04. The third-order valence-corrected chi connectivity index (χ3v) is 2.51. The highest BCUT2D eigenvalue weighted by Crippen LogP contribution is 2.02. The van der Waals surface area contributed by atoms with E-state index in [1.807, 2.05) is 11.8 Å². The molecule has 0 aromatic rings. The first-order valence-corrected chi connectivity index (χ1v) is 6.44. The standard InChI is InChI=1S/C10H23NOS/c1-5-11-10(8-13-4)6-7-12-9(2)3/h9-11H,5-8H2,1-4H3. The molecule has 3 heteroatoms. The minimum absolute atomic E-state index is 0.358. The van der Waals surface area contributed by atoms with E-state index < -0.39 is 0 Å². The van der Waals surface area contributed by atoms with Gasteiger partial charge in [0.1, 0.15) is 0 Å². The minimum Gasteiger partial charge on any atom is -0.379 e. The average molecular weight is 205 g/mol. The molecule has 80 valence electrons. The van der Waals surface area contributed by atoms with Gasteiger partial charge in [0, 0.05) is 18.4 Å². The predicted molar refractivity (Wildman–Crippen MR) is 61.6 cm³/mol. The van der Waals surface area contributed by atoms with Crippen LogP contribution in [-0.4, -0.2) is 37.3 Å². The molecule has 13 heavy (non-hydrogen) atoms. The molecule has 2 nitrogen and oxygen atoms in total. The van der Waals surface area contributed by atoms with Crippen LogP contribution in [0.3, 0.4) is 0 Å². The zero-order chi connectivity index (χ0) is 10.1. The maximum Gasteiger partial charge on any atom is 0.0518 e. The van der Waals surface area contributed by atoms with E-state index in [0.717, 1.165) is 19.6 Å². The number of ether oxygens (including phenoxy) is 1. The van der Waals surface area contributed by atoms with Crippen molar-refractivity contribution in [3.8, 4) is 0 Å². The van der Waals surface area contributed by atoms with Gasteiger partial charge in [0.05, 0.1) is 6.10 Å². The number of hydrogen-bond acceptors (Lipinski definition) is 3. The Kier molecular flexibility index (Phi) is 9.03. The van der Waals surface area contributed by atoms with E-state index in [-0.39, 0.29) is 0 Å². The van der Waals surface area contributed by atoms with Crippen molar-refractivity contribution in [3.05, 3.63) is 0 Å². The number of thioether (sulfide) groups is 1. The lowest BCUT2D eigenvalue weighted by atomic mass is 10.2. The third kappa shape index (κ3) is 8.60. The number of hydrogen-bond donors (Lipinski definition) is 1. The van der Waals surface area contributed by atoms with E-state index in [0.29, 0.717) is 12.1 Å². The van der Waals surface area contributed by atoms with Crippen LogP contribution in [0.4, 0.5) is 0 Å². The van der Waals surface area contributed by atoms with Crippen LogP contribution in [0.25, 0.3) is 0 Å². The Labute approximate surface area is 86.8 Å². The van der Waals surface area contributed by atoms with Crippen LogP contribution in [0.5, 0.6) is 0 Å². The summed E-state index contributed by atoms with van der Waals surface area (Å²) in [6.07, 6.45) is 3.62. The molecule has 1 N–H and O–H groups in total. The van der Waals surface area contributed by atoms with Gasteiger partial charge in [0.2, 0.25) is 0 Å². The Balaban J connectivity index is 3.44. The molecule has 0 saturated heterocycles. The van der Waals surface area contributed by atoms with E-state index in [1.54, 1.807) is 0 Å². The Morgan fingerprint density at radius 2 is 2.08 bits per heavy atom. The molecule has 0 aromatic heterocycles. The van der Waals surface area contributed by atoms with Gasteiger partial charge < -0.3 is 10.1 Å². The molecule has 1 unspecified atom stereocenters. The normalized spacial score (nSPS) is 13.6. The molecule has 0 saturated carbocycles. The van der Waals surface area contributed by atoms with Crippen LogP contribution in [0.1, 0.15) is 27.2 Å². The zero-order valence-corrected chi connectivity index (χ0v) is 10.1. The summed E-state index contributed by atoms with van der Waals surface area (Å²) in [4.78, 5) is 0. The monoisotopic (exact) mass is 205 g/mol. The quantitative estimate of drug-likeness (QED) is 0.656. The highest BCUT2D eigenvalue weighted by Gasteiger charge is 2.06. The molecule has 0 rings (SSSR count). The van der Waals surface area contributed by atoms with Crippen molar-refractivity contribution in [2.45, 2.75) is 39.3 Å². The van der Waals surface area contributed by atoms with Gasteiger partial charge in [-0.1, -0.05) is 6.92 Å². The van der Waals surface area contributed by atoms with Gasteiger partial charge in [-0.05, 0) is 33.1 Å². The fourth-order valence-corrected chi connectivity index (χ4v) is 1.87. The first kappa shape index (κ1) is 13.3. The summed E-state index contributed by atoms with van der Waals surface area (Å²) in [6, 6.07) is 0.610. The molecule has 0 bridgehead atoms. The van der Waals surface area contributed by atoms with Crippen molar-refractivity contribution in [1.29, 1.82) is 0 Å². The second kappa shape index (κ2) is 8.85. The summed E-state index contributed by atoms with van der Waals surface area (Å²) >= 11 is 1.89. The number of rotatable bonds is 8. The SMILES string of the molecule is CCNC(CCOC(C)C)CSC.